The first-order chi connectivity index (χ1) is 9.72. The molecule has 20 heavy (non-hydrogen) atoms. The number of rotatable bonds is 4. The largest absolute Gasteiger partial charge is 0.493 e. The van der Waals surface area contributed by atoms with Gasteiger partial charge in [0.1, 0.15) is 5.75 Å². The minimum absolute atomic E-state index is 0.305. The summed E-state index contributed by atoms with van der Waals surface area (Å²) >= 11 is 6.00. The number of fused-ring (bicyclic) bond motifs is 1. The van der Waals surface area contributed by atoms with E-state index >= 15 is 0 Å². The van der Waals surface area contributed by atoms with Crippen molar-refractivity contribution in [2.75, 3.05) is 6.61 Å². The van der Waals surface area contributed by atoms with Crippen molar-refractivity contribution >= 4 is 11.6 Å². The van der Waals surface area contributed by atoms with Crippen LogP contribution in [0.3, 0.4) is 0 Å². The van der Waals surface area contributed by atoms with Crippen LogP contribution in [0.4, 0.5) is 0 Å². The van der Waals surface area contributed by atoms with Crippen LogP contribution in [0, 0.1) is 0 Å². The highest BCUT2D eigenvalue weighted by molar-refractivity contribution is 6.30. The lowest BCUT2D eigenvalue weighted by molar-refractivity contribution is 0.356. The number of benzene rings is 2. The molecule has 2 aromatic carbocycles. The first-order valence-corrected chi connectivity index (χ1v) is 7.33. The molecule has 0 aliphatic carbocycles. The van der Waals surface area contributed by atoms with E-state index in [2.05, 4.69) is 36.5 Å². The number of nitrogens with one attached hydrogen (secondary N) is 1. The van der Waals surface area contributed by atoms with E-state index in [-0.39, 0.29) is 0 Å². The third-order valence-electron chi connectivity index (χ3n) is 3.71. The average molecular weight is 288 g/mol. The van der Waals surface area contributed by atoms with Gasteiger partial charge in [-0.25, -0.2) is 0 Å². The fraction of sp³-hybridized carbons (Fsp3) is 0.294. The standard InChI is InChI=1S/C17H18ClNO/c1-12(19-11-13-3-2-4-16(18)9-13)14-5-6-17-15(10-14)7-8-20-17/h2-6,9-10,12,19H,7-8,11H2,1H3. The molecule has 1 N–H and O–H groups in total. The zero-order valence-electron chi connectivity index (χ0n) is 11.5. The summed E-state index contributed by atoms with van der Waals surface area (Å²) in [5.74, 6) is 1.04. The monoisotopic (exact) mass is 287 g/mol. The van der Waals surface area contributed by atoms with Crippen molar-refractivity contribution in [3.05, 3.63) is 64.2 Å². The fourth-order valence-corrected chi connectivity index (χ4v) is 2.72. The van der Waals surface area contributed by atoms with Gasteiger partial charge in [0, 0.05) is 24.0 Å². The number of ether oxygens (including phenoxy) is 1. The smallest absolute Gasteiger partial charge is 0.122 e. The highest BCUT2D eigenvalue weighted by atomic mass is 35.5. The van der Waals surface area contributed by atoms with Crippen LogP contribution in [-0.4, -0.2) is 6.61 Å². The summed E-state index contributed by atoms with van der Waals surface area (Å²) in [6.07, 6.45) is 1.02. The Hall–Kier alpha value is -1.51. The molecule has 0 saturated carbocycles. The van der Waals surface area contributed by atoms with Gasteiger partial charge in [-0.3, -0.25) is 0 Å². The number of hydrogen-bond donors (Lipinski definition) is 1. The number of hydrogen-bond acceptors (Lipinski definition) is 2. The summed E-state index contributed by atoms with van der Waals surface area (Å²) in [6.45, 7) is 3.81. The second kappa shape index (κ2) is 5.86. The quantitative estimate of drug-likeness (QED) is 0.913. The molecule has 104 valence electrons. The molecule has 2 aromatic rings. The predicted molar refractivity (Wildman–Crippen MR) is 82.3 cm³/mol. The molecule has 0 aromatic heterocycles. The minimum atomic E-state index is 0.305. The van der Waals surface area contributed by atoms with E-state index in [9.17, 15) is 0 Å². The second-order valence-electron chi connectivity index (χ2n) is 5.20. The Morgan fingerprint density at radius 2 is 2.15 bits per heavy atom. The molecule has 3 heteroatoms. The van der Waals surface area contributed by atoms with Crippen LogP contribution in [0.25, 0.3) is 0 Å². The average Bonchev–Trinajstić information content (AvgIpc) is 2.92. The van der Waals surface area contributed by atoms with E-state index in [0.717, 1.165) is 30.3 Å². The Morgan fingerprint density at radius 1 is 1.25 bits per heavy atom. The molecule has 0 spiro atoms. The molecule has 2 nitrogen and oxygen atoms in total. The lowest BCUT2D eigenvalue weighted by Gasteiger charge is -2.15. The molecular formula is C17H18ClNO. The van der Waals surface area contributed by atoms with Crippen LogP contribution in [0.15, 0.2) is 42.5 Å². The van der Waals surface area contributed by atoms with Gasteiger partial charge in [0.25, 0.3) is 0 Å². The van der Waals surface area contributed by atoms with Crippen LogP contribution in [0.5, 0.6) is 5.75 Å². The summed E-state index contributed by atoms with van der Waals surface area (Å²) < 4.78 is 5.54. The van der Waals surface area contributed by atoms with Gasteiger partial charge >= 0.3 is 0 Å². The van der Waals surface area contributed by atoms with Crippen molar-refractivity contribution in [1.29, 1.82) is 0 Å². The zero-order valence-corrected chi connectivity index (χ0v) is 12.3. The third kappa shape index (κ3) is 2.97. The number of halogens is 1. The summed E-state index contributed by atoms with van der Waals surface area (Å²) in [6, 6.07) is 14.7. The minimum Gasteiger partial charge on any atom is -0.493 e. The van der Waals surface area contributed by atoms with Crippen molar-refractivity contribution < 1.29 is 4.74 Å². The van der Waals surface area contributed by atoms with Gasteiger partial charge in [-0.15, -0.1) is 0 Å². The fourth-order valence-electron chi connectivity index (χ4n) is 2.51. The Balaban J connectivity index is 1.66. The van der Waals surface area contributed by atoms with Gasteiger partial charge in [0.05, 0.1) is 6.61 Å². The third-order valence-corrected chi connectivity index (χ3v) is 3.95. The van der Waals surface area contributed by atoms with Gasteiger partial charge in [-0.2, -0.15) is 0 Å². The van der Waals surface area contributed by atoms with Gasteiger partial charge in [0.15, 0.2) is 0 Å². The van der Waals surface area contributed by atoms with Crippen LogP contribution in [-0.2, 0) is 13.0 Å². The highest BCUT2D eigenvalue weighted by Crippen LogP contribution is 2.28. The Bertz CT molecular complexity index is 612. The molecule has 1 aliphatic heterocycles. The second-order valence-corrected chi connectivity index (χ2v) is 5.63. The van der Waals surface area contributed by atoms with Crippen molar-refractivity contribution in [3.63, 3.8) is 0 Å². The Kier molecular flexibility index (Phi) is 3.95. The molecule has 1 atom stereocenters. The van der Waals surface area contributed by atoms with Crippen LogP contribution in [0.1, 0.15) is 29.7 Å². The van der Waals surface area contributed by atoms with Crippen LogP contribution >= 0.6 is 11.6 Å². The first-order valence-electron chi connectivity index (χ1n) is 6.96. The van der Waals surface area contributed by atoms with Crippen LogP contribution < -0.4 is 10.1 Å². The van der Waals surface area contributed by atoms with Crippen molar-refractivity contribution in [3.8, 4) is 5.75 Å². The Morgan fingerprint density at radius 3 is 3.00 bits per heavy atom. The molecule has 0 bridgehead atoms. The molecule has 0 radical (unpaired) electrons. The van der Waals surface area contributed by atoms with Crippen molar-refractivity contribution in [1.82, 2.24) is 5.32 Å². The molecule has 3 rings (SSSR count). The molecule has 1 aliphatic rings. The molecule has 0 saturated heterocycles. The van der Waals surface area contributed by atoms with Gasteiger partial charge in [-0.1, -0.05) is 35.9 Å². The van der Waals surface area contributed by atoms with E-state index in [1.54, 1.807) is 0 Å². The first kappa shape index (κ1) is 13.5. The van der Waals surface area contributed by atoms with E-state index < -0.39 is 0 Å². The van der Waals surface area contributed by atoms with E-state index in [1.165, 1.54) is 16.7 Å². The maximum Gasteiger partial charge on any atom is 0.122 e. The maximum atomic E-state index is 6.00. The van der Waals surface area contributed by atoms with Gasteiger partial charge in [-0.05, 0) is 41.8 Å². The Labute approximate surface area is 124 Å². The molecule has 0 amide bonds. The van der Waals surface area contributed by atoms with Crippen molar-refractivity contribution in [2.45, 2.75) is 25.9 Å². The van der Waals surface area contributed by atoms with Crippen molar-refractivity contribution in [2.24, 2.45) is 0 Å². The summed E-state index contributed by atoms with van der Waals surface area (Å²) in [5.41, 5.74) is 3.82. The molecular weight excluding hydrogens is 270 g/mol. The van der Waals surface area contributed by atoms with E-state index in [1.807, 2.05) is 18.2 Å². The summed E-state index contributed by atoms with van der Waals surface area (Å²) in [7, 11) is 0. The highest BCUT2D eigenvalue weighted by Gasteiger charge is 2.14. The summed E-state index contributed by atoms with van der Waals surface area (Å²) in [4.78, 5) is 0. The predicted octanol–water partition coefficient (Wildman–Crippen LogP) is 4.13. The maximum absolute atomic E-state index is 6.00. The van der Waals surface area contributed by atoms with E-state index in [0.29, 0.717) is 6.04 Å². The lowest BCUT2D eigenvalue weighted by Crippen LogP contribution is -2.18. The topological polar surface area (TPSA) is 21.3 Å². The van der Waals surface area contributed by atoms with E-state index in [4.69, 9.17) is 16.3 Å². The van der Waals surface area contributed by atoms with Gasteiger partial charge < -0.3 is 10.1 Å². The molecule has 1 heterocycles. The lowest BCUT2D eigenvalue weighted by atomic mass is 10.0. The molecule has 0 fully saturated rings. The summed E-state index contributed by atoms with van der Waals surface area (Å²) in [5, 5.41) is 4.32. The van der Waals surface area contributed by atoms with Gasteiger partial charge in [0.2, 0.25) is 0 Å². The zero-order chi connectivity index (χ0) is 13.9. The normalized spacial score (nSPS) is 14.7. The van der Waals surface area contributed by atoms with Crippen LogP contribution in [0.2, 0.25) is 5.02 Å². The molecule has 1 unspecified atom stereocenters. The SMILES string of the molecule is CC(NCc1cccc(Cl)c1)c1ccc2c(c1)CCO2.